The molecule has 1 saturated heterocycles. The summed E-state index contributed by atoms with van der Waals surface area (Å²) in [5, 5.41) is 22.4. The molecule has 2 aromatic rings. The Balaban J connectivity index is 1.53. The number of amides is 2. The largest absolute Gasteiger partial charge is 0.504 e. The first-order valence-corrected chi connectivity index (χ1v) is 10.8. The standard InChI is InChI=1S/C22H22N4O6S/c1-3-32-21(30)14-5-7-15(8-6-14)24-19(28)11-18-20(29)25-22(33-18)26-23-12-13-4-9-16(27)17(10-13)31-2/h4-10,12,18,27H,3,11H2,1-2H3,(H,24,28)(H,25,26,29)/b23-12-/t18-/m0/s1. The summed E-state index contributed by atoms with van der Waals surface area (Å²) in [6, 6.07) is 11.0. The second kappa shape index (κ2) is 11.1. The maximum atomic E-state index is 12.3. The Bertz CT molecular complexity index is 1100. The number of hydrogen-bond donors (Lipinski definition) is 3. The van der Waals surface area contributed by atoms with Gasteiger partial charge in [-0.05, 0) is 55.0 Å². The van der Waals surface area contributed by atoms with Crippen molar-refractivity contribution in [2.75, 3.05) is 19.0 Å². The number of amidine groups is 1. The number of carbonyl (C=O) groups excluding carboxylic acids is 3. The van der Waals surface area contributed by atoms with Crippen molar-refractivity contribution in [1.29, 1.82) is 0 Å². The zero-order valence-corrected chi connectivity index (χ0v) is 18.7. The lowest BCUT2D eigenvalue weighted by Crippen LogP contribution is -2.28. The van der Waals surface area contributed by atoms with Crippen molar-refractivity contribution in [2.24, 2.45) is 10.2 Å². The molecule has 0 spiro atoms. The van der Waals surface area contributed by atoms with Crippen LogP contribution in [0, 0.1) is 0 Å². The predicted molar refractivity (Wildman–Crippen MR) is 125 cm³/mol. The fourth-order valence-electron chi connectivity index (χ4n) is 2.79. The van der Waals surface area contributed by atoms with Gasteiger partial charge in [0.2, 0.25) is 11.8 Å². The first kappa shape index (κ1) is 23.8. The lowest BCUT2D eigenvalue weighted by molar-refractivity contribution is -0.122. The number of benzene rings is 2. The molecule has 2 aromatic carbocycles. The van der Waals surface area contributed by atoms with Crippen molar-refractivity contribution >= 4 is 46.6 Å². The van der Waals surface area contributed by atoms with Gasteiger partial charge in [0.25, 0.3) is 0 Å². The first-order valence-electron chi connectivity index (χ1n) is 9.92. The van der Waals surface area contributed by atoms with Crippen molar-refractivity contribution < 1.29 is 29.0 Å². The molecule has 0 bridgehead atoms. The summed E-state index contributed by atoms with van der Waals surface area (Å²) in [5.41, 5.74) is 1.53. The molecule has 1 aliphatic rings. The molecule has 11 heteroatoms. The van der Waals surface area contributed by atoms with E-state index < -0.39 is 11.2 Å². The summed E-state index contributed by atoms with van der Waals surface area (Å²) in [5.74, 6) is -0.818. The lowest BCUT2D eigenvalue weighted by atomic mass is 10.2. The molecule has 3 rings (SSSR count). The Kier molecular flexibility index (Phi) is 8.03. The number of rotatable bonds is 8. The highest BCUT2D eigenvalue weighted by Crippen LogP contribution is 2.26. The van der Waals surface area contributed by atoms with Gasteiger partial charge in [-0.25, -0.2) is 4.79 Å². The van der Waals surface area contributed by atoms with Gasteiger partial charge in [-0.2, -0.15) is 5.10 Å². The van der Waals surface area contributed by atoms with Crippen molar-refractivity contribution in [3.63, 3.8) is 0 Å². The summed E-state index contributed by atoms with van der Waals surface area (Å²) in [6.45, 7) is 2.00. The lowest BCUT2D eigenvalue weighted by Gasteiger charge is -2.08. The van der Waals surface area contributed by atoms with Gasteiger partial charge in [-0.1, -0.05) is 11.8 Å². The molecule has 2 amide bonds. The number of carbonyl (C=O) groups is 3. The van der Waals surface area contributed by atoms with Crippen LogP contribution in [0.2, 0.25) is 0 Å². The molecule has 10 nitrogen and oxygen atoms in total. The molecule has 172 valence electrons. The highest BCUT2D eigenvalue weighted by atomic mass is 32.2. The molecule has 3 N–H and O–H groups in total. The van der Waals surface area contributed by atoms with Gasteiger partial charge in [0.1, 0.15) is 5.25 Å². The molecule has 0 aliphatic carbocycles. The van der Waals surface area contributed by atoms with Crippen LogP contribution >= 0.6 is 11.8 Å². The Labute approximate surface area is 194 Å². The smallest absolute Gasteiger partial charge is 0.338 e. The predicted octanol–water partition coefficient (Wildman–Crippen LogP) is 2.53. The monoisotopic (exact) mass is 470 g/mol. The third-order valence-corrected chi connectivity index (χ3v) is 5.46. The second-order valence-corrected chi connectivity index (χ2v) is 7.92. The molecule has 0 saturated carbocycles. The van der Waals surface area contributed by atoms with Gasteiger partial charge >= 0.3 is 5.97 Å². The average Bonchev–Trinajstić information content (AvgIpc) is 3.14. The number of esters is 1. The zero-order valence-electron chi connectivity index (χ0n) is 17.9. The van der Waals surface area contributed by atoms with E-state index in [2.05, 4.69) is 20.8 Å². The third-order valence-electron chi connectivity index (χ3n) is 4.39. The summed E-state index contributed by atoms with van der Waals surface area (Å²) in [4.78, 5) is 36.2. The third kappa shape index (κ3) is 6.56. The summed E-state index contributed by atoms with van der Waals surface area (Å²) in [6.07, 6.45) is 1.38. The average molecular weight is 471 g/mol. The van der Waals surface area contributed by atoms with Gasteiger partial charge in [-0.15, -0.1) is 5.10 Å². The normalized spacial score (nSPS) is 16.6. The summed E-state index contributed by atoms with van der Waals surface area (Å²) in [7, 11) is 1.44. The van der Waals surface area contributed by atoms with Gasteiger partial charge in [0, 0.05) is 12.1 Å². The fraction of sp³-hybridized carbons (Fsp3) is 0.227. The number of phenols is 1. The molecule has 0 radical (unpaired) electrons. The number of thioether (sulfide) groups is 1. The fourth-order valence-corrected chi connectivity index (χ4v) is 3.72. The van der Waals surface area contributed by atoms with Crippen LogP contribution < -0.4 is 15.4 Å². The van der Waals surface area contributed by atoms with Gasteiger partial charge in [0.15, 0.2) is 16.7 Å². The van der Waals surface area contributed by atoms with E-state index in [-0.39, 0.29) is 35.8 Å². The van der Waals surface area contributed by atoms with Crippen LogP contribution in [0.5, 0.6) is 11.5 Å². The number of nitrogens with zero attached hydrogens (tertiary/aromatic N) is 2. The maximum absolute atomic E-state index is 12.3. The van der Waals surface area contributed by atoms with Gasteiger partial charge < -0.3 is 25.2 Å². The molecule has 1 heterocycles. The first-order chi connectivity index (χ1) is 15.9. The van der Waals surface area contributed by atoms with Crippen molar-refractivity contribution in [3.05, 3.63) is 53.6 Å². The van der Waals surface area contributed by atoms with E-state index >= 15 is 0 Å². The van der Waals surface area contributed by atoms with E-state index in [1.807, 2.05) is 0 Å². The number of hydrogen-bond acceptors (Lipinski definition) is 9. The van der Waals surface area contributed by atoms with Crippen LogP contribution in [0.3, 0.4) is 0 Å². The number of phenolic OH excluding ortho intramolecular Hbond substituents is 1. The van der Waals surface area contributed by atoms with Crippen LogP contribution in [0.25, 0.3) is 0 Å². The Hall–Kier alpha value is -3.86. The molecule has 0 unspecified atom stereocenters. The highest BCUT2D eigenvalue weighted by molar-refractivity contribution is 8.15. The SMILES string of the molecule is CCOC(=O)c1ccc(NC(=O)C[C@@H]2S/C(=N\N=C/c3ccc(O)c(OC)c3)NC2=O)cc1. The molecule has 1 aliphatic heterocycles. The van der Waals surface area contributed by atoms with E-state index in [1.54, 1.807) is 43.3 Å². The minimum atomic E-state index is -0.647. The number of methoxy groups -OCH3 is 1. The minimum Gasteiger partial charge on any atom is -0.504 e. The zero-order chi connectivity index (χ0) is 23.8. The van der Waals surface area contributed by atoms with E-state index in [9.17, 15) is 19.5 Å². The molecule has 1 atom stereocenters. The highest BCUT2D eigenvalue weighted by Gasteiger charge is 2.32. The van der Waals surface area contributed by atoms with E-state index in [0.29, 0.717) is 22.6 Å². The molecular weight excluding hydrogens is 448 g/mol. The number of ether oxygens (including phenoxy) is 2. The molecular formula is C22H22N4O6S. The second-order valence-electron chi connectivity index (χ2n) is 6.73. The molecule has 33 heavy (non-hydrogen) atoms. The van der Waals surface area contributed by atoms with E-state index in [1.165, 1.54) is 19.4 Å². The van der Waals surface area contributed by atoms with Crippen LogP contribution in [-0.2, 0) is 14.3 Å². The van der Waals surface area contributed by atoms with E-state index in [0.717, 1.165) is 11.8 Å². The van der Waals surface area contributed by atoms with Crippen molar-refractivity contribution in [3.8, 4) is 11.5 Å². The Morgan fingerprint density at radius 2 is 2.00 bits per heavy atom. The summed E-state index contributed by atoms with van der Waals surface area (Å²) < 4.78 is 9.95. The molecule has 1 fully saturated rings. The quantitative estimate of drug-likeness (QED) is 0.306. The number of anilines is 1. The van der Waals surface area contributed by atoms with Crippen LogP contribution in [0.1, 0.15) is 29.3 Å². The van der Waals surface area contributed by atoms with Crippen molar-refractivity contribution in [2.45, 2.75) is 18.6 Å². The minimum absolute atomic E-state index is 0.00985. The maximum Gasteiger partial charge on any atom is 0.338 e. The van der Waals surface area contributed by atoms with Gasteiger partial charge in [0.05, 0.1) is 25.5 Å². The van der Waals surface area contributed by atoms with Crippen molar-refractivity contribution in [1.82, 2.24) is 5.32 Å². The Morgan fingerprint density at radius 3 is 2.70 bits per heavy atom. The van der Waals surface area contributed by atoms with Crippen LogP contribution in [0.4, 0.5) is 5.69 Å². The van der Waals surface area contributed by atoms with Crippen LogP contribution in [0.15, 0.2) is 52.7 Å². The molecule has 0 aromatic heterocycles. The van der Waals surface area contributed by atoms with Crippen LogP contribution in [-0.4, -0.2) is 53.2 Å². The number of aromatic hydroxyl groups is 1. The topological polar surface area (TPSA) is 139 Å². The van der Waals surface area contributed by atoms with Gasteiger partial charge in [-0.3, -0.25) is 9.59 Å². The van der Waals surface area contributed by atoms with E-state index in [4.69, 9.17) is 9.47 Å². The summed E-state index contributed by atoms with van der Waals surface area (Å²) >= 11 is 1.10. The Morgan fingerprint density at radius 1 is 1.24 bits per heavy atom. The number of nitrogens with one attached hydrogen (secondary N) is 2.